The van der Waals surface area contributed by atoms with Crippen molar-refractivity contribution < 1.29 is 55.7 Å². The summed E-state index contributed by atoms with van der Waals surface area (Å²) in [4.78, 5) is 59.6. The van der Waals surface area contributed by atoms with Crippen molar-refractivity contribution in [1.82, 2.24) is 25.2 Å². The van der Waals surface area contributed by atoms with Crippen LogP contribution in [0.25, 0.3) is 10.8 Å². The van der Waals surface area contributed by atoms with Crippen molar-refractivity contribution in [3.8, 4) is 17.4 Å². The Morgan fingerprint density at radius 2 is 1.87 bits per heavy atom. The molecule has 15 nitrogen and oxygen atoms in total. The number of carboxylic acid groups (broad SMARTS) is 1. The minimum atomic E-state index is -3.95. The molecule has 0 spiro atoms. The van der Waals surface area contributed by atoms with Gasteiger partial charge < -0.3 is 34.9 Å². The Kier molecular flexibility index (Phi) is 8.94. The quantitative estimate of drug-likeness (QED) is 0.317. The van der Waals surface area contributed by atoms with Crippen molar-refractivity contribution in [1.29, 1.82) is 0 Å². The normalized spacial score (nSPS) is 32.0. The van der Waals surface area contributed by atoms with Crippen LogP contribution in [0.15, 0.2) is 36.5 Å². The lowest BCUT2D eigenvalue weighted by Gasteiger charge is -2.32. The van der Waals surface area contributed by atoms with Crippen molar-refractivity contribution in [2.45, 2.75) is 94.1 Å². The average molecular weight is 748 g/mol. The molecular formula is C34H39F2N5O10S. The van der Waals surface area contributed by atoms with E-state index in [2.05, 4.69) is 25.1 Å². The number of sulfonamides is 1. The number of pyridine rings is 1. The molecular weight excluding hydrogens is 708 g/mol. The maximum Gasteiger partial charge on any atom is 0.586 e. The van der Waals surface area contributed by atoms with Gasteiger partial charge in [0.05, 0.1) is 11.8 Å². The van der Waals surface area contributed by atoms with Crippen molar-refractivity contribution in [3.05, 3.63) is 36.5 Å². The summed E-state index contributed by atoms with van der Waals surface area (Å²) < 4.78 is 71.0. The highest BCUT2D eigenvalue weighted by Crippen LogP contribution is 2.48. The molecule has 1 saturated heterocycles. The molecule has 5 aliphatic rings. The second-order valence-corrected chi connectivity index (χ2v) is 16.4. The monoisotopic (exact) mass is 747 g/mol. The van der Waals surface area contributed by atoms with E-state index in [1.54, 1.807) is 13.0 Å². The molecule has 2 saturated carbocycles. The summed E-state index contributed by atoms with van der Waals surface area (Å²) in [5.74, 6) is -3.61. The minimum absolute atomic E-state index is 0.00403. The molecule has 280 valence electrons. The predicted molar refractivity (Wildman–Crippen MR) is 178 cm³/mol. The number of aromatic nitrogens is 1. The molecule has 18 heteroatoms. The second kappa shape index (κ2) is 13.0. The van der Waals surface area contributed by atoms with E-state index in [1.165, 1.54) is 29.3 Å². The van der Waals surface area contributed by atoms with E-state index < -0.39 is 80.9 Å². The van der Waals surface area contributed by atoms with Crippen LogP contribution in [0.5, 0.6) is 17.4 Å². The number of halogens is 2. The van der Waals surface area contributed by atoms with Crippen LogP contribution in [0.3, 0.4) is 0 Å². The lowest BCUT2D eigenvalue weighted by atomic mass is 9.88. The molecule has 7 atom stereocenters. The Balaban J connectivity index is 1.21. The number of benzene rings is 1. The summed E-state index contributed by atoms with van der Waals surface area (Å²) in [7, 11) is -3.95. The first-order valence-corrected chi connectivity index (χ1v) is 18.8. The summed E-state index contributed by atoms with van der Waals surface area (Å²) in [6, 6.07) is 1.68. The zero-order valence-electron chi connectivity index (χ0n) is 28.3. The van der Waals surface area contributed by atoms with E-state index in [9.17, 15) is 41.5 Å². The number of hydrogen-bond donors (Lipinski definition) is 4. The zero-order valence-corrected chi connectivity index (χ0v) is 29.2. The average Bonchev–Trinajstić information content (AvgIpc) is 3.97. The number of ether oxygens (including phenoxy) is 3. The highest BCUT2D eigenvalue weighted by molar-refractivity contribution is 7.91. The number of nitrogens with zero attached hydrogens (tertiary/aromatic N) is 2. The van der Waals surface area contributed by atoms with Gasteiger partial charge in [-0.2, -0.15) is 0 Å². The first kappa shape index (κ1) is 35.7. The summed E-state index contributed by atoms with van der Waals surface area (Å²) in [6.45, 7) is 3.54. The summed E-state index contributed by atoms with van der Waals surface area (Å²) in [5, 5.41) is 14.7. The van der Waals surface area contributed by atoms with Gasteiger partial charge in [0.25, 0.3) is 5.91 Å². The lowest BCUT2D eigenvalue weighted by molar-refractivity contribution is -0.286. The molecule has 4 N–H and O–H groups in total. The van der Waals surface area contributed by atoms with Gasteiger partial charge in [0.1, 0.15) is 23.7 Å². The largest absolute Gasteiger partial charge is 0.586 e. The maximum absolute atomic E-state index is 14.3. The minimum Gasteiger partial charge on any atom is -0.472 e. The molecule has 1 aromatic carbocycles. The fraction of sp³-hybridized carbons (Fsp3) is 0.559. The Morgan fingerprint density at radius 3 is 2.60 bits per heavy atom. The van der Waals surface area contributed by atoms with Crippen LogP contribution in [-0.4, -0.2) is 89.0 Å². The number of carbonyl (C=O) groups excluding carboxylic acids is 3. The van der Waals surface area contributed by atoms with Crippen molar-refractivity contribution >= 4 is 44.6 Å². The number of carbonyl (C=O) groups is 4. The van der Waals surface area contributed by atoms with Crippen LogP contribution >= 0.6 is 0 Å². The molecule has 3 aliphatic heterocycles. The molecule has 0 bridgehead atoms. The van der Waals surface area contributed by atoms with Crippen LogP contribution in [-0.2, 0) is 24.4 Å². The van der Waals surface area contributed by atoms with E-state index >= 15 is 0 Å². The summed E-state index contributed by atoms with van der Waals surface area (Å²) >= 11 is 0. The third-order valence-electron chi connectivity index (χ3n) is 10.4. The van der Waals surface area contributed by atoms with Gasteiger partial charge >= 0.3 is 12.4 Å². The topological polar surface area (TPSA) is 203 Å². The molecule has 1 aromatic heterocycles. The van der Waals surface area contributed by atoms with E-state index in [0.717, 1.165) is 0 Å². The highest BCUT2D eigenvalue weighted by Gasteiger charge is 2.62. The van der Waals surface area contributed by atoms with Crippen LogP contribution in [0.2, 0.25) is 0 Å². The van der Waals surface area contributed by atoms with Gasteiger partial charge in [0.2, 0.25) is 27.7 Å². The Morgan fingerprint density at radius 1 is 1.10 bits per heavy atom. The number of alkyl halides is 2. The molecule has 3 fully saturated rings. The van der Waals surface area contributed by atoms with Crippen molar-refractivity contribution in [3.63, 3.8) is 0 Å². The first-order chi connectivity index (χ1) is 24.6. The molecule has 2 aliphatic carbocycles. The smallest absolute Gasteiger partial charge is 0.472 e. The van der Waals surface area contributed by atoms with Crippen LogP contribution in [0.4, 0.5) is 13.6 Å². The lowest BCUT2D eigenvalue weighted by Crippen LogP contribution is -2.59. The van der Waals surface area contributed by atoms with E-state index in [-0.39, 0.29) is 53.5 Å². The number of hydrogen-bond acceptors (Lipinski definition) is 10. The molecule has 4 amide bonds. The summed E-state index contributed by atoms with van der Waals surface area (Å²) in [6.07, 6.45) is 1.46. The molecule has 2 aromatic rings. The van der Waals surface area contributed by atoms with Gasteiger partial charge in [-0.25, -0.2) is 18.2 Å². The molecule has 7 rings (SSSR count). The van der Waals surface area contributed by atoms with Crippen LogP contribution in [0.1, 0.15) is 58.8 Å². The third-order valence-corrected chi connectivity index (χ3v) is 12.3. The molecule has 52 heavy (non-hydrogen) atoms. The van der Waals surface area contributed by atoms with Gasteiger partial charge in [-0.05, 0) is 68.6 Å². The first-order valence-electron chi connectivity index (χ1n) is 17.3. The third kappa shape index (κ3) is 6.91. The van der Waals surface area contributed by atoms with Crippen molar-refractivity contribution in [2.75, 3.05) is 6.54 Å². The van der Waals surface area contributed by atoms with Crippen LogP contribution in [0, 0.1) is 17.8 Å². The number of fused-ring (bicyclic) bond motifs is 5. The summed E-state index contributed by atoms with van der Waals surface area (Å²) in [5.41, 5.74) is -1.59. The number of rotatable bonds is 6. The predicted octanol–water partition coefficient (Wildman–Crippen LogP) is 3.04. The number of nitrogens with one attached hydrogen (secondary N) is 3. The Bertz CT molecular complexity index is 1960. The standard InChI is InChI=1S/C34H39F2N5O10S/c1-17-5-3-4-6-19-15-33(19,31(44)40-52(47,48)21-7-8-21)39-28(42)24-14-20(16-41(24)30(43)26(18(2)13-17)38-32(45)46)49-29-23-9-10-25-27(22(23)11-12-37-29)51-34(35,36)50-25/h4,6,9-12,17-21,24,26,38H,3,5,7-8,13-16H2,1-2H3,(H,39,42)(H,40,44)(H,45,46)/b6-4-/t17-,18-,19-,20-,24+,26+,33-/m1/s1. The number of amides is 4. The van der Waals surface area contributed by atoms with Gasteiger partial charge in [-0.3, -0.25) is 19.1 Å². The SMILES string of the molecule is C[C@@H]1CC/C=C\[C@@H]2C[C@@]2(C(=O)NS(=O)(=O)C2CC2)NC(=O)[C@@H]2C[C@@H](Oc3nccc4c5c(ccc34)OC(F)(F)O5)CN2C(=O)[C@@H](NC(=O)O)[C@H](C)C1. The van der Waals surface area contributed by atoms with Crippen molar-refractivity contribution in [2.24, 2.45) is 17.8 Å². The molecule has 0 unspecified atom stereocenters. The van der Waals surface area contributed by atoms with Gasteiger partial charge in [-0.15, -0.1) is 8.78 Å². The fourth-order valence-corrected chi connectivity index (χ4v) is 8.88. The molecule has 0 radical (unpaired) electrons. The van der Waals surface area contributed by atoms with Gasteiger partial charge in [-0.1, -0.05) is 26.0 Å². The van der Waals surface area contributed by atoms with E-state index in [0.29, 0.717) is 32.1 Å². The van der Waals surface area contributed by atoms with E-state index in [4.69, 9.17) is 9.47 Å². The highest BCUT2D eigenvalue weighted by atomic mass is 32.2. The van der Waals surface area contributed by atoms with Crippen LogP contribution < -0.4 is 29.6 Å². The fourth-order valence-electron chi connectivity index (χ4n) is 7.52. The maximum atomic E-state index is 14.3. The Hall–Kier alpha value is -4.74. The Labute approximate surface area is 297 Å². The molecule has 4 heterocycles. The number of allylic oxidation sites excluding steroid dienone is 1. The zero-order chi connectivity index (χ0) is 37.2. The van der Waals surface area contributed by atoms with Gasteiger partial charge in [0.15, 0.2) is 11.5 Å². The van der Waals surface area contributed by atoms with E-state index in [1.807, 2.05) is 13.0 Å². The van der Waals surface area contributed by atoms with Gasteiger partial charge in [0, 0.05) is 29.3 Å². The second-order valence-electron chi connectivity index (χ2n) is 14.5.